The second kappa shape index (κ2) is 6.72. The van der Waals surface area contributed by atoms with Gasteiger partial charge in [0.2, 0.25) is 5.95 Å². The zero-order valence-electron chi connectivity index (χ0n) is 12.5. The second-order valence-corrected chi connectivity index (χ2v) is 6.74. The molecule has 1 aromatic rings. The predicted molar refractivity (Wildman–Crippen MR) is 87.2 cm³/mol. The van der Waals surface area contributed by atoms with Gasteiger partial charge in [0.05, 0.1) is 4.47 Å². The van der Waals surface area contributed by atoms with Gasteiger partial charge in [-0.2, -0.15) is 4.98 Å². The number of hydrogen-bond donors (Lipinski definition) is 2. The van der Waals surface area contributed by atoms with Crippen LogP contribution in [0.1, 0.15) is 26.7 Å². The number of likely N-dealkylation sites (tertiary alicyclic amines) is 1. The lowest BCUT2D eigenvalue weighted by Crippen LogP contribution is -2.40. The van der Waals surface area contributed by atoms with Gasteiger partial charge in [0, 0.05) is 19.3 Å². The highest BCUT2D eigenvalue weighted by Gasteiger charge is 2.28. The fraction of sp³-hybridized carbons (Fsp3) is 0.714. The van der Waals surface area contributed by atoms with Gasteiger partial charge >= 0.3 is 0 Å². The third-order valence-corrected chi connectivity index (χ3v) is 4.54. The molecule has 1 aliphatic rings. The number of rotatable bonds is 5. The van der Waals surface area contributed by atoms with E-state index in [1.807, 2.05) is 6.92 Å². The first-order valence-corrected chi connectivity index (χ1v) is 8.00. The molecule has 0 spiro atoms. The molecule has 0 atom stereocenters. The van der Waals surface area contributed by atoms with Crippen molar-refractivity contribution in [1.82, 2.24) is 14.9 Å². The van der Waals surface area contributed by atoms with Crippen LogP contribution in [-0.2, 0) is 0 Å². The van der Waals surface area contributed by atoms with E-state index in [9.17, 15) is 0 Å². The number of piperidine rings is 1. The van der Waals surface area contributed by atoms with Crippen molar-refractivity contribution >= 4 is 27.7 Å². The maximum Gasteiger partial charge on any atom is 0.224 e. The Balaban J connectivity index is 1.97. The summed E-state index contributed by atoms with van der Waals surface area (Å²) in [5, 5.41) is 6.62. The molecular formula is C14H24BrN5. The Bertz CT molecular complexity index is 443. The lowest BCUT2D eigenvalue weighted by atomic mass is 9.80. The third-order valence-electron chi connectivity index (χ3n) is 3.96. The minimum Gasteiger partial charge on any atom is -0.368 e. The Morgan fingerprint density at radius 2 is 2.05 bits per heavy atom. The van der Waals surface area contributed by atoms with Gasteiger partial charge in [0.15, 0.2) is 0 Å². The minimum atomic E-state index is 0.343. The molecule has 0 unspecified atom stereocenters. The largest absolute Gasteiger partial charge is 0.368 e. The molecule has 0 radical (unpaired) electrons. The maximum absolute atomic E-state index is 4.50. The lowest BCUT2D eigenvalue weighted by Gasteiger charge is -2.38. The summed E-state index contributed by atoms with van der Waals surface area (Å²) in [6.07, 6.45) is 4.24. The summed E-state index contributed by atoms with van der Waals surface area (Å²) < 4.78 is 0.913. The molecule has 0 bridgehead atoms. The Kier molecular flexibility index (Phi) is 5.21. The van der Waals surface area contributed by atoms with Crippen LogP contribution in [0.15, 0.2) is 10.7 Å². The van der Waals surface area contributed by atoms with Crippen molar-refractivity contribution in [3.8, 4) is 0 Å². The molecule has 1 saturated heterocycles. The van der Waals surface area contributed by atoms with E-state index in [4.69, 9.17) is 0 Å². The molecular weight excluding hydrogens is 318 g/mol. The van der Waals surface area contributed by atoms with Crippen molar-refractivity contribution in [3.05, 3.63) is 10.7 Å². The molecule has 0 aromatic carbocycles. The number of nitrogens with zero attached hydrogens (tertiary/aromatic N) is 3. The molecule has 1 fully saturated rings. The van der Waals surface area contributed by atoms with Crippen LogP contribution in [0.25, 0.3) is 0 Å². The smallest absolute Gasteiger partial charge is 0.224 e. The van der Waals surface area contributed by atoms with E-state index >= 15 is 0 Å². The van der Waals surface area contributed by atoms with Crippen LogP contribution in [0.3, 0.4) is 0 Å². The van der Waals surface area contributed by atoms with Crippen molar-refractivity contribution in [2.24, 2.45) is 5.41 Å². The van der Waals surface area contributed by atoms with E-state index in [1.165, 1.54) is 25.9 Å². The van der Waals surface area contributed by atoms with E-state index < -0.39 is 0 Å². The first kappa shape index (κ1) is 15.5. The van der Waals surface area contributed by atoms with Gasteiger partial charge < -0.3 is 15.5 Å². The fourth-order valence-corrected chi connectivity index (χ4v) is 2.70. The maximum atomic E-state index is 4.50. The summed E-state index contributed by atoms with van der Waals surface area (Å²) in [6.45, 7) is 8.51. The molecule has 0 saturated carbocycles. The molecule has 5 nitrogen and oxygen atoms in total. The average Bonchev–Trinajstić information content (AvgIpc) is 2.43. The zero-order valence-corrected chi connectivity index (χ0v) is 14.1. The number of anilines is 2. The number of nitrogens with one attached hydrogen (secondary N) is 2. The van der Waals surface area contributed by atoms with Gasteiger partial charge in [0.1, 0.15) is 5.82 Å². The van der Waals surface area contributed by atoms with Crippen LogP contribution in [0.5, 0.6) is 0 Å². The number of aromatic nitrogens is 2. The van der Waals surface area contributed by atoms with E-state index in [0.29, 0.717) is 11.4 Å². The molecule has 2 heterocycles. The van der Waals surface area contributed by atoms with Crippen LogP contribution in [-0.4, -0.2) is 48.1 Å². The van der Waals surface area contributed by atoms with Crippen LogP contribution < -0.4 is 10.6 Å². The highest BCUT2D eigenvalue weighted by atomic mass is 79.9. The molecule has 0 aliphatic carbocycles. The monoisotopic (exact) mass is 341 g/mol. The van der Waals surface area contributed by atoms with Crippen LogP contribution in [0, 0.1) is 5.41 Å². The normalized spacial score (nSPS) is 18.8. The number of hydrogen-bond acceptors (Lipinski definition) is 5. The molecule has 2 N–H and O–H groups in total. The van der Waals surface area contributed by atoms with Gasteiger partial charge in [-0.15, -0.1) is 0 Å². The topological polar surface area (TPSA) is 53.1 Å². The Labute approximate surface area is 129 Å². The molecule has 20 heavy (non-hydrogen) atoms. The molecule has 6 heteroatoms. The van der Waals surface area contributed by atoms with Crippen molar-refractivity contribution in [3.63, 3.8) is 0 Å². The van der Waals surface area contributed by atoms with Crippen molar-refractivity contribution in [2.75, 3.05) is 43.9 Å². The van der Waals surface area contributed by atoms with E-state index in [-0.39, 0.29) is 0 Å². The highest BCUT2D eigenvalue weighted by molar-refractivity contribution is 9.10. The first-order valence-electron chi connectivity index (χ1n) is 7.21. The van der Waals surface area contributed by atoms with Gasteiger partial charge in [-0.1, -0.05) is 6.92 Å². The Morgan fingerprint density at radius 3 is 2.70 bits per heavy atom. The van der Waals surface area contributed by atoms with Gasteiger partial charge in [0.25, 0.3) is 0 Å². The standard InChI is InChI=1S/C14H24BrN5/c1-4-16-13-17-9-11(15)12(19-13)18-10-14(2)5-7-20(3)8-6-14/h9H,4-8,10H2,1-3H3,(H2,16,17,18,19). The van der Waals surface area contributed by atoms with Gasteiger partial charge in [-0.25, -0.2) is 4.98 Å². The Hall–Kier alpha value is -0.880. The molecule has 112 valence electrons. The Morgan fingerprint density at radius 1 is 1.35 bits per heavy atom. The van der Waals surface area contributed by atoms with Crippen LogP contribution in [0.4, 0.5) is 11.8 Å². The van der Waals surface area contributed by atoms with Gasteiger partial charge in [-0.3, -0.25) is 0 Å². The SMILES string of the molecule is CCNc1ncc(Br)c(NCC2(C)CCN(C)CC2)n1. The van der Waals surface area contributed by atoms with Crippen molar-refractivity contribution in [1.29, 1.82) is 0 Å². The minimum absolute atomic E-state index is 0.343. The summed E-state index contributed by atoms with van der Waals surface area (Å²) in [5.41, 5.74) is 0.343. The molecule has 0 amide bonds. The quantitative estimate of drug-likeness (QED) is 0.862. The molecule has 2 rings (SSSR count). The summed E-state index contributed by atoms with van der Waals surface area (Å²) in [6, 6.07) is 0. The first-order chi connectivity index (χ1) is 9.52. The number of halogens is 1. The highest BCUT2D eigenvalue weighted by Crippen LogP contribution is 2.31. The van der Waals surface area contributed by atoms with Crippen LogP contribution in [0.2, 0.25) is 0 Å². The zero-order chi connectivity index (χ0) is 14.6. The van der Waals surface area contributed by atoms with E-state index in [2.05, 4.69) is 55.4 Å². The van der Waals surface area contributed by atoms with E-state index in [0.717, 1.165) is 23.4 Å². The fourth-order valence-electron chi connectivity index (χ4n) is 2.37. The third kappa shape index (κ3) is 4.06. The van der Waals surface area contributed by atoms with Crippen molar-refractivity contribution in [2.45, 2.75) is 26.7 Å². The summed E-state index contributed by atoms with van der Waals surface area (Å²) in [5.74, 6) is 1.54. The van der Waals surface area contributed by atoms with Crippen LogP contribution >= 0.6 is 15.9 Å². The lowest BCUT2D eigenvalue weighted by molar-refractivity contribution is 0.150. The molecule has 1 aromatic heterocycles. The average molecular weight is 342 g/mol. The second-order valence-electron chi connectivity index (χ2n) is 5.89. The summed E-state index contributed by atoms with van der Waals surface area (Å²) >= 11 is 3.51. The van der Waals surface area contributed by atoms with Crippen molar-refractivity contribution < 1.29 is 0 Å². The molecule has 1 aliphatic heterocycles. The predicted octanol–water partition coefficient (Wildman–Crippen LogP) is 2.81. The van der Waals surface area contributed by atoms with E-state index in [1.54, 1.807) is 6.20 Å². The summed E-state index contributed by atoms with van der Waals surface area (Å²) in [4.78, 5) is 11.1. The summed E-state index contributed by atoms with van der Waals surface area (Å²) in [7, 11) is 2.19. The van der Waals surface area contributed by atoms with Gasteiger partial charge in [-0.05, 0) is 61.2 Å².